The number of hydrogen-bond donors (Lipinski definition) is 4. The fourth-order valence-corrected chi connectivity index (χ4v) is 10.0. The highest BCUT2D eigenvalue weighted by atomic mass is 16.5. The summed E-state index contributed by atoms with van der Waals surface area (Å²) < 4.78 is 16.2. The second-order valence-corrected chi connectivity index (χ2v) is 17.8. The van der Waals surface area contributed by atoms with E-state index in [0.717, 1.165) is 93.4 Å². The van der Waals surface area contributed by atoms with Gasteiger partial charge in [0.05, 0.1) is 49.2 Å². The summed E-state index contributed by atoms with van der Waals surface area (Å²) in [6.07, 6.45) is 4.55. The van der Waals surface area contributed by atoms with Gasteiger partial charge in [0.2, 0.25) is 5.91 Å². The number of imidazole rings is 2. The molecular formula is C50H56N8O7. The third-order valence-corrected chi connectivity index (χ3v) is 13.6. The molecule has 4 aromatic carbocycles. The average molecular weight is 881 g/mol. The largest absolute Gasteiger partial charge is 0.488 e. The monoisotopic (exact) mass is 880 g/mol. The molecule has 0 spiro atoms. The third kappa shape index (κ3) is 8.12. The van der Waals surface area contributed by atoms with E-state index in [9.17, 15) is 19.2 Å². The minimum atomic E-state index is -0.907. The lowest BCUT2D eigenvalue weighted by molar-refractivity contribution is -0.138. The van der Waals surface area contributed by atoms with Crippen molar-refractivity contribution in [3.63, 3.8) is 0 Å². The minimum absolute atomic E-state index is 0.0211. The van der Waals surface area contributed by atoms with Crippen LogP contribution in [-0.4, -0.2) is 86.6 Å². The first-order valence-corrected chi connectivity index (χ1v) is 22.6. The van der Waals surface area contributed by atoms with Crippen molar-refractivity contribution in [1.82, 2.24) is 40.4 Å². The van der Waals surface area contributed by atoms with Crippen LogP contribution >= 0.6 is 0 Å². The number of nitrogens with one attached hydrogen (secondary N) is 4. The van der Waals surface area contributed by atoms with Gasteiger partial charge in [-0.2, -0.15) is 0 Å². The van der Waals surface area contributed by atoms with Crippen LogP contribution < -0.4 is 15.4 Å². The van der Waals surface area contributed by atoms with E-state index in [4.69, 9.17) is 24.2 Å². The second kappa shape index (κ2) is 17.9. The van der Waals surface area contributed by atoms with Crippen LogP contribution in [0.1, 0.15) is 101 Å². The predicted octanol–water partition coefficient (Wildman–Crippen LogP) is 8.89. The number of methoxy groups -OCH3 is 2. The molecule has 2 fully saturated rings. The SMILES string of the molecule is CCC1CC(c2ncc(-c3ccc4c(c3)COc3cc5c(ccc6[nH]c(C7CCC(CC)N7C(=O)C(NC(=O)OC)C(C)C)nc65)cc3-4)[nH]2)N(C(=O)C(NC(=O)OC)c2ccccc2)C1. The zero-order valence-corrected chi connectivity index (χ0v) is 37.6. The van der Waals surface area contributed by atoms with Gasteiger partial charge in [0.25, 0.3) is 5.91 Å². The first-order chi connectivity index (χ1) is 31.5. The molecule has 65 heavy (non-hydrogen) atoms. The molecule has 4 N–H and O–H groups in total. The number of fused-ring (bicyclic) bond motifs is 6. The molecule has 15 heteroatoms. The van der Waals surface area contributed by atoms with Crippen molar-refractivity contribution in [2.24, 2.45) is 11.8 Å². The maximum Gasteiger partial charge on any atom is 0.407 e. The summed E-state index contributed by atoms with van der Waals surface area (Å²) >= 11 is 0. The number of alkyl carbamates (subject to hydrolysis) is 2. The van der Waals surface area contributed by atoms with Crippen molar-refractivity contribution >= 4 is 45.8 Å². The lowest BCUT2D eigenvalue weighted by Crippen LogP contribution is -2.53. The molecule has 0 bridgehead atoms. The smallest absolute Gasteiger partial charge is 0.407 e. The van der Waals surface area contributed by atoms with Crippen LogP contribution in [0.3, 0.4) is 0 Å². The molecule has 15 nitrogen and oxygen atoms in total. The third-order valence-electron chi connectivity index (χ3n) is 13.6. The van der Waals surface area contributed by atoms with E-state index in [-0.39, 0.29) is 41.8 Å². The Hall–Kier alpha value is -6.90. The van der Waals surface area contributed by atoms with Crippen LogP contribution in [-0.2, 0) is 25.7 Å². The van der Waals surface area contributed by atoms with Crippen molar-refractivity contribution in [2.75, 3.05) is 20.8 Å². The van der Waals surface area contributed by atoms with E-state index in [2.05, 4.69) is 70.8 Å². The summed E-state index contributed by atoms with van der Waals surface area (Å²) in [5.74, 6) is 1.97. The quantitative estimate of drug-likeness (QED) is 0.0987. The molecule has 2 saturated heterocycles. The number of aromatic amines is 2. The van der Waals surface area contributed by atoms with Gasteiger partial charge in [-0.1, -0.05) is 82.6 Å². The summed E-state index contributed by atoms with van der Waals surface area (Å²) in [6, 6.07) is 21.7. The van der Waals surface area contributed by atoms with Gasteiger partial charge in [-0.3, -0.25) is 9.59 Å². The number of carbonyl (C=O) groups is 4. The average Bonchev–Trinajstić information content (AvgIpc) is 4.16. The summed E-state index contributed by atoms with van der Waals surface area (Å²) in [5.41, 5.74) is 7.24. The highest BCUT2D eigenvalue weighted by Crippen LogP contribution is 2.44. The first kappa shape index (κ1) is 43.4. The van der Waals surface area contributed by atoms with Crippen LogP contribution in [0.4, 0.5) is 9.59 Å². The Kier molecular flexibility index (Phi) is 12.0. The van der Waals surface area contributed by atoms with E-state index in [1.165, 1.54) is 14.2 Å². The number of ether oxygens (including phenoxy) is 3. The Morgan fingerprint density at radius 2 is 1.63 bits per heavy atom. The molecule has 0 aliphatic carbocycles. The van der Waals surface area contributed by atoms with Crippen molar-refractivity contribution in [3.05, 3.63) is 102 Å². The van der Waals surface area contributed by atoms with Gasteiger partial charge in [-0.25, -0.2) is 19.6 Å². The lowest BCUT2D eigenvalue weighted by Gasteiger charge is -2.33. The lowest BCUT2D eigenvalue weighted by atomic mass is 9.92. The molecule has 2 aromatic heterocycles. The van der Waals surface area contributed by atoms with Crippen molar-refractivity contribution in [2.45, 2.75) is 96.6 Å². The minimum Gasteiger partial charge on any atom is -0.488 e. The number of aromatic nitrogens is 4. The molecule has 9 rings (SSSR count). The molecule has 6 aromatic rings. The highest BCUT2D eigenvalue weighted by molar-refractivity contribution is 6.07. The highest BCUT2D eigenvalue weighted by Gasteiger charge is 2.43. The Labute approximate surface area is 377 Å². The van der Waals surface area contributed by atoms with E-state index < -0.39 is 24.3 Å². The molecule has 3 aliphatic heterocycles. The van der Waals surface area contributed by atoms with Gasteiger partial charge in [0, 0.05) is 23.5 Å². The van der Waals surface area contributed by atoms with Crippen LogP contribution in [0.5, 0.6) is 5.75 Å². The van der Waals surface area contributed by atoms with Crippen LogP contribution in [0.15, 0.2) is 79.0 Å². The van der Waals surface area contributed by atoms with Gasteiger partial charge in [0.1, 0.15) is 36.1 Å². The molecule has 4 amide bonds. The van der Waals surface area contributed by atoms with Crippen LogP contribution in [0.2, 0.25) is 0 Å². The van der Waals surface area contributed by atoms with E-state index in [1.54, 1.807) is 0 Å². The molecule has 338 valence electrons. The number of nitrogens with zero attached hydrogens (tertiary/aromatic N) is 4. The Bertz CT molecular complexity index is 2770. The summed E-state index contributed by atoms with van der Waals surface area (Å²) in [5, 5.41) is 7.48. The number of hydrogen-bond acceptors (Lipinski definition) is 9. The van der Waals surface area contributed by atoms with Crippen LogP contribution in [0, 0.1) is 11.8 Å². The number of rotatable bonds is 11. The zero-order valence-electron chi connectivity index (χ0n) is 37.6. The van der Waals surface area contributed by atoms with Crippen LogP contribution in [0.25, 0.3) is 44.2 Å². The van der Waals surface area contributed by atoms with E-state index in [1.807, 2.05) is 66.2 Å². The summed E-state index contributed by atoms with van der Waals surface area (Å²) in [6.45, 7) is 8.97. The zero-order chi connectivity index (χ0) is 45.5. The molecule has 5 heterocycles. The standard InChI is InChI=1S/C50H56N8O7/c1-7-28-20-40(57(25-28)47(59)43(56-50(62)64-6)29-12-10-9-11-13-29)45-51-24-38(53-45)31-14-17-34-32(21-31)26-65-41-23-35-30(22-36(34)41)15-18-37-44(35)54-46(52-37)39-19-16-33(8-2)58(39)48(60)42(27(3)4)55-49(61)63-5/h9-15,17-18,21-24,27-28,33,39-40,42-43H,7-8,16,19-20,25-26H2,1-6H3,(H,51,53)(H,52,54)(H,55,61)(H,56,62). The molecule has 0 radical (unpaired) electrons. The topological polar surface area (TPSA) is 184 Å². The van der Waals surface area contributed by atoms with Crippen molar-refractivity contribution in [3.8, 4) is 28.1 Å². The molecular weight excluding hydrogens is 825 g/mol. The van der Waals surface area contributed by atoms with E-state index >= 15 is 0 Å². The maximum absolute atomic E-state index is 14.3. The number of likely N-dealkylation sites (tertiary alicyclic amines) is 2. The van der Waals surface area contributed by atoms with Crippen molar-refractivity contribution < 1.29 is 33.4 Å². The summed E-state index contributed by atoms with van der Waals surface area (Å²) in [7, 11) is 2.59. The molecule has 0 saturated carbocycles. The number of amides is 4. The number of benzene rings is 4. The summed E-state index contributed by atoms with van der Waals surface area (Å²) in [4.78, 5) is 73.9. The molecule has 6 unspecified atom stereocenters. The molecule has 3 aliphatic rings. The second-order valence-electron chi connectivity index (χ2n) is 17.8. The van der Waals surface area contributed by atoms with Gasteiger partial charge >= 0.3 is 12.2 Å². The van der Waals surface area contributed by atoms with Gasteiger partial charge in [-0.05, 0) is 89.4 Å². The van der Waals surface area contributed by atoms with E-state index in [0.29, 0.717) is 24.5 Å². The first-order valence-electron chi connectivity index (χ1n) is 22.6. The fourth-order valence-electron chi connectivity index (χ4n) is 10.0. The Balaban J connectivity index is 0.976. The van der Waals surface area contributed by atoms with Gasteiger partial charge in [0.15, 0.2) is 0 Å². The molecule has 6 atom stereocenters. The van der Waals surface area contributed by atoms with Crippen molar-refractivity contribution in [1.29, 1.82) is 0 Å². The normalized spacial score (nSPS) is 20.0. The number of carbonyl (C=O) groups excluding carboxylic acids is 4. The fraction of sp³-hybridized carbons (Fsp3) is 0.400. The van der Waals surface area contributed by atoms with Gasteiger partial charge < -0.3 is 44.6 Å². The Morgan fingerprint density at radius 1 is 0.846 bits per heavy atom. The Morgan fingerprint density at radius 3 is 2.37 bits per heavy atom. The number of H-pyrrole nitrogens is 2. The maximum atomic E-state index is 14.3. The predicted molar refractivity (Wildman–Crippen MR) is 246 cm³/mol. The van der Waals surface area contributed by atoms with Gasteiger partial charge in [-0.15, -0.1) is 0 Å².